The van der Waals surface area contributed by atoms with Gasteiger partial charge in [-0.15, -0.1) is 0 Å². The first-order chi connectivity index (χ1) is 9.61. The minimum absolute atomic E-state index is 0.0847. The highest BCUT2D eigenvalue weighted by Gasteiger charge is 2.29. The molecule has 112 valence electrons. The van der Waals surface area contributed by atoms with Gasteiger partial charge in [-0.3, -0.25) is 4.57 Å². The minimum atomic E-state index is -1.79. The lowest BCUT2D eigenvalue weighted by Crippen LogP contribution is -2.42. The Morgan fingerprint density at radius 2 is 1.95 bits per heavy atom. The van der Waals surface area contributed by atoms with E-state index in [4.69, 9.17) is 16.3 Å². The first-order valence-electron chi connectivity index (χ1n) is 6.52. The molecule has 0 aliphatic carbocycles. The number of aryl methyl sites for hydroxylation is 1. The van der Waals surface area contributed by atoms with Crippen LogP contribution in [-0.2, 0) is 4.74 Å². The van der Waals surface area contributed by atoms with Crippen LogP contribution in [0.5, 0.6) is 0 Å². The molecular weight excluding hydrogens is 292 g/mol. The molecular formula is C14H17BClNO4. The number of aromatic nitrogens is 1. The van der Waals surface area contributed by atoms with Crippen LogP contribution in [0.2, 0.25) is 5.02 Å². The van der Waals surface area contributed by atoms with E-state index in [0.717, 1.165) is 0 Å². The standard InChI is InChI=1S/C14H17BClNO4/c1-8-10-7-9(16)5-6-11(10)17(12(8)15(19)20)13(18)21-14(2,3)4/h5-7,19-20H,1-4H3. The smallest absolute Gasteiger partial charge is 0.443 e. The summed E-state index contributed by atoms with van der Waals surface area (Å²) in [4.78, 5) is 12.4. The second kappa shape index (κ2) is 5.37. The summed E-state index contributed by atoms with van der Waals surface area (Å²) in [6.45, 7) is 6.94. The van der Waals surface area contributed by atoms with Gasteiger partial charge < -0.3 is 14.8 Å². The van der Waals surface area contributed by atoms with Gasteiger partial charge in [0.1, 0.15) is 5.60 Å². The van der Waals surface area contributed by atoms with Gasteiger partial charge in [-0.2, -0.15) is 0 Å². The van der Waals surface area contributed by atoms with E-state index in [0.29, 0.717) is 21.5 Å². The van der Waals surface area contributed by atoms with Gasteiger partial charge in [0.15, 0.2) is 0 Å². The summed E-state index contributed by atoms with van der Waals surface area (Å²) < 4.78 is 6.51. The molecule has 0 amide bonds. The van der Waals surface area contributed by atoms with E-state index in [1.165, 1.54) is 4.57 Å². The molecule has 5 nitrogen and oxygen atoms in total. The number of hydrogen-bond donors (Lipinski definition) is 2. The van der Waals surface area contributed by atoms with Gasteiger partial charge in [-0.25, -0.2) is 4.79 Å². The van der Waals surface area contributed by atoms with Crippen molar-refractivity contribution in [3.63, 3.8) is 0 Å². The molecule has 1 aromatic carbocycles. The van der Waals surface area contributed by atoms with Gasteiger partial charge in [0.25, 0.3) is 0 Å². The Hall–Kier alpha value is -1.50. The summed E-state index contributed by atoms with van der Waals surface area (Å²) in [5, 5.41) is 20.4. The van der Waals surface area contributed by atoms with Crippen LogP contribution in [0.15, 0.2) is 18.2 Å². The number of benzene rings is 1. The zero-order chi connectivity index (χ0) is 15.9. The molecule has 0 atom stereocenters. The van der Waals surface area contributed by atoms with Gasteiger partial charge in [-0.05, 0) is 51.5 Å². The lowest BCUT2D eigenvalue weighted by atomic mass is 9.83. The van der Waals surface area contributed by atoms with Crippen molar-refractivity contribution in [1.29, 1.82) is 0 Å². The Kier molecular flexibility index (Phi) is 4.06. The Morgan fingerprint density at radius 3 is 2.48 bits per heavy atom. The highest BCUT2D eigenvalue weighted by atomic mass is 35.5. The van der Waals surface area contributed by atoms with E-state index < -0.39 is 18.8 Å². The molecule has 2 N–H and O–H groups in total. The zero-order valence-electron chi connectivity index (χ0n) is 12.3. The minimum Gasteiger partial charge on any atom is -0.443 e. The Balaban J connectivity index is 2.71. The normalized spacial score (nSPS) is 11.8. The van der Waals surface area contributed by atoms with Gasteiger partial charge >= 0.3 is 13.2 Å². The number of carbonyl (C=O) groups excluding carboxylic acids is 1. The van der Waals surface area contributed by atoms with Gasteiger partial charge in [0.2, 0.25) is 0 Å². The second-order valence-electron chi connectivity index (χ2n) is 5.86. The molecule has 0 saturated carbocycles. The Morgan fingerprint density at radius 1 is 1.33 bits per heavy atom. The SMILES string of the molecule is Cc1c(B(O)O)n(C(=O)OC(C)(C)C)c2ccc(Cl)cc12. The van der Waals surface area contributed by atoms with Crippen LogP contribution in [0.1, 0.15) is 26.3 Å². The molecule has 7 heteroatoms. The number of carbonyl (C=O) groups is 1. The predicted octanol–water partition coefficient (Wildman–Crippen LogP) is 2.07. The molecule has 0 aliphatic rings. The van der Waals surface area contributed by atoms with Crippen LogP contribution >= 0.6 is 11.6 Å². The summed E-state index contributed by atoms with van der Waals surface area (Å²) in [6.07, 6.45) is -0.661. The maximum absolute atomic E-state index is 12.4. The summed E-state index contributed by atoms with van der Waals surface area (Å²) in [5.74, 6) is 0. The fraction of sp³-hybridized carbons (Fsp3) is 0.357. The molecule has 1 heterocycles. The molecule has 21 heavy (non-hydrogen) atoms. The van der Waals surface area contributed by atoms with Crippen LogP contribution in [0, 0.1) is 6.92 Å². The largest absolute Gasteiger partial charge is 0.506 e. The third kappa shape index (κ3) is 3.07. The number of nitrogens with zero attached hydrogens (tertiary/aromatic N) is 1. The van der Waals surface area contributed by atoms with Crippen LogP contribution in [-0.4, -0.2) is 33.4 Å². The van der Waals surface area contributed by atoms with Gasteiger partial charge in [0.05, 0.1) is 11.1 Å². The van der Waals surface area contributed by atoms with E-state index in [1.807, 2.05) is 0 Å². The van der Waals surface area contributed by atoms with E-state index in [9.17, 15) is 14.8 Å². The Bertz CT molecular complexity index is 703. The molecule has 0 saturated heterocycles. The maximum Gasteiger partial charge on any atom is 0.506 e. The molecule has 0 radical (unpaired) electrons. The molecule has 0 aliphatic heterocycles. The average molecular weight is 310 g/mol. The lowest BCUT2D eigenvalue weighted by molar-refractivity contribution is 0.0547. The highest BCUT2D eigenvalue weighted by molar-refractivity contribution is 6.59. The Labute approximate surface area is 128 Å². The highest BCUT2D eigenvalue weighted by Crippen LogP contribution is 2.24. The topological polar surface area (TPSA) is 71.7 Å². The van der Waals surface area contributed by atoms with Gasteiger partial charge in [-0.1, -0.05) is 11.6 Å². The maximum atomic E-state index is 12.4. The monoisotopic (exact) mass is 309 g/mol. The number of rotatable bonds is 1. The van der Waals surface area contributed by atoms with Gasteiger partial charge in [0, 0.05) is 10.4 Å². The van der Waals surface area contributed by atoms with Crippen molar-refractivity contribution in [2.45, 2.75) is 33.3 Å². The number of hydrogen-bond acceptors (Lipinski definition) is 4. The van der Waals surface area contributed by atoms with Crippen molar-refractivity contribution >= 4 is 41.3 Å². The quantitative estimate of drug-likeness (QED) is 0.791. The second-order valence-corrected chi connectivity index (χ2v) is 6.30. The van der Waals surface area contributed by atoms with Crippen molar-refractivity contribution in [2.75, 3.05) is 0 Å². The number of ether oxygens (including phenoxy) is 1. The fourth-order valence-corrected chi connectivity index (χ4v) is 2.42. The first-order valence-corrected chi connectivity index (χ1v) is 6.89. The van der Waals surface area contributed by atoms with Crippen LogP contribution < -0.4 is 5.59 Å². The van der Waals surface area contributed by atoms with Crippen molar-refractivity contribution < 1.29 is 19.6 Å². The third-order valence-corrected chi connectivity index (χ3v) is 3.28. The van der Waals surface area contributed by atoms with E-state index in [1.54, 1.807) is 45.9 Å². The summed E-state index contributed by atoms with van der Waals surface area (Å²) in [7, 11) is -1.79. The van der Waals surface area contributed by atoms with Crippen molar-refractivity contribution in [2.24, 2.45) is 0 Å². The number of halogens is 1. The molecule has 2 aromatic rings. The van der Waals surface area contributed by atoms with E-state index in [-0.39, 0.29) is 5.59 Å². The van der Waals surface area contributed by atoms with E-state index in [2.05, 4.69) is 0 Å². The van der Waals surface area contributed by atoms with Crippen molar-refractivity contribution in [1.82, 2.24) is 4.57 Å². The zero-order valence-corrected chi connectivity index (χ0v) is 13.1. The lowest BCUT2D eigenvalue weighted by Gasteiger charge is -2.21. The van der Waals surface area contributed by atoms with Crippen molar-refractivity contribution in [3.05, 3.63) is 28.8 Å². The molecule has 0 unspecified atom stereocenters. The molecule has 0 spiro atoms. The molecule has 2 rings (SSSR count). The molecule has 0 fully saturated rings. The average Bonchev–Trinajstić information content (AvgIpc) is 2.60. The number of fused-ring (bicyclic) bond motifs is 1. The van der Waals surface area contributed by atoms with Crippen LogP contribution in [0.25, 0.3) is 10.9 Å². The molecule has 1 aromatic heterocycles. The van der Waals surface area contributed by atoms with E-state index >= 15 is 0 Å². The summed E-state index contributed by atoms with van der Waals surface area (Å²) in [5.41, 5.74) is 0.496. The van der Waals surface area contributed by atoms with Crippen LogP contribution in [0.4, 0.5) is 4.79 Å². The summed E-state index contributed by atoms with van der Waals surface area (Å²) in [6, 6.07) is 4.97. The fourth-order valence-electron chi connectivity index (χ4n) is 2.25. The molecule has 0 bridgehead atoms. The van der Waals surface area contributed by atoms with Crippen molar-refractivity contribution in [3.8, 4) is 0 Å². The third-order valence-electron chi connectivity index (χ3n) is 3.05. The predicted molar refractivity (Wildman–Crippen MR) is 83.1 cm³/mol. The first kappa shape index (κ1) is 15.9. The summed E-state index contributed by atoms with van der Waals surface area (Å²) >= 11 is 5.97. The van der Waals surface area contributed by atoms with Crippen LogP contribution in [0.3, 0.4) is 0 Å².